The maximum absolute atomic E-state index is 12.1. The molecular weight excluding hydrogens is 343 g/mol. The number of aryl methyl sites for hydroxylation is 1. The van der Waals surface area contributed by atoms with Crippen LogP contribution in [-0.4, -0.2) is 16.1 Å². The normalized spacial score (nSPS) is 11.1. The van der Waals surface area contributed by atoms with Crippen LogP contribution in [0.1, 0.15) is 17.5 Å². The van der Waals surface area contributed by atoms with E-state index in [1.165, 1.54) is 17.4 Å². The predicted molar refractivity (Wildman–Crippen MR) is 88.0 cm³/mol. The molecule has 0 aliphatic rings. The van der Waals surface area contributed by atoms with Gasteiger partial charge < -0.3 is 0 Å². The Labute approximate surface area is 141 Å². The van der Waals surface area contributed by atoms with Crippen molar-refractivity contribution in [1.29, 1.82) is 5.26 Å². The van der Waals surface area contributed by atoms with Crippen molar-refractivity contribution in [3.05, 3.63) is 44.4 Å². The lowest BCUT2D eigenvalue weighted by Crippen LogP contribution is -2.13. The second-order valence-electron chi connectivity index (χ2n) is 4.14. The maximum Gasteiger partial charge on any atom is 0.268 e. The summed E-state index contributed by atoms with van der Waals surface area (Å²) in [6.45, 7) is 1.94. The number of nitriles is 1. The standard InChI is InChI=1S/C14H10Cl2N4OS/c1-2-12-19-20-14(22-12)18-13(21)9(7-17)5-8-3-4-10(15)6-11(8)16/h3-6H,2H2,1H3,(H,18,20,21)/b9-5+. The van der Waals surface area contributed by atoms with Crippen LogP contribution in [0.2, 0.25) is 10.0 Å². The van der Waals surface area contributed by atoms with E-state index in [1.54, 1.807) is 18.2 Å². The summed E-state index contributed by atoms with van der Waals surface area (Å²) in [7, 11) is 0. The Morgan fingerprint density at radius 1 is 1.45 bits per heavy atom. The summed E-state index contributed by atoms with van der Waals surface area (Å²) in [4.78, 5) is 12.1. The molecule has 0 unspecified atom stereocenters. The molecule has 0 saturated carbocycles. The van der Waals surface area contributed by atoms with Gasteiger partial charge in [0.05, 0.1) is 0 Å². The number of anilines is 1. The fraction of sp³-hybridized carbons (Fsp3) is 0.143. The summed E-state index contributed by atoms with van der Waals surface area (Å²) in [5.41, 5.74) is 0.446. The molecule has 0 aliphatic carbocycles. The molecule has 1 N–H and O–H groups in total. The summed E-state index contributed by atoms with van der Waals surface area (Å²) < 4.78 is 0. The third-order valence-corrected chi connectivity index (χ3v) is 4.16. The van der Waals surface area contributed by atoms with Gasteiger partial charge in [0.1, 0.15) is 16.6 Å². The molecular formula is C14H10Cl2N4OS. The van der Waals surface area contributed by atoms with E-state index in [0.717, 1.165) is 11.4 Å². The van der Waals surface area contributed by atoms with Crippen LogP contribution in [0.4, 0.5) is 5.13 Å². The van der Waals surface area contributed by atoms with Crippen molar-refractivity contribution in [2.24, 2.45) is 0 Å². The number of halogens is 2. The van der Waals surface area contributed by atoms with Crippen LogP contribution in [-0.2, 0) is 11.2 Å². The molecule has 0 radical (unpaired) electrons. The van der Waals surface area contributed by atoms with Gasteiger partial charge in [-0.2, -0.15) is 5.26 Å². The largest absolute Gasteiger partial charge is 0.296 e. The molecule has 5 nitrogen and oxygen atoms in total. The molecule has 0 spiro atoms. The zero-order valence-electron chi connectivity index (χ0n) is 11.4. The number of nitrogens with zero attached hydrogens (tertiary/aromatic N) is 3. The number of benzene rings is 1. The lowest BCUT2D eigenvalue weighted by atomic mass is 10.1. The quantitative estimate of drug-likeness (QED) is 0.667. The number of carbonyl (C=O) groups is 1. The molecule has 0 saturated heterocycles. The van der Waals surface area contributed by atoms with Gasteiger partial charge >= 0.3 is 0 Å². The van der Waals surface area contributed by atoms with Gasteiger partial charge in [-0.3, -0.25) is 10.1 Å². The number of amides is 1. The van der Waals surface area contributed by atoms with Crippen LogP contribution in [0.3, 0.4) is 0 Å². The molecule has 22 heavy (non-hydrogen) atoms. The highest BCUT2D eigenvalue weighted by Crippen LogP contribution is 2.23. The highest BCUT2D eigenvalue weighted by molar-refractivity contribution is 7.15. The average molecular weight is 353 g/mol. The summed E-state index contributed by atoms with van der Waals surface area (Å²) in [6, 6.07) is 6.65. The molecule has 112 valence electrons. The van der Waals surface area contributed by atoms with Gasteiger partial charge in [0.2, 0.25) is 5.13 Å². The van der Waals surface area contributed by atoms with Crippen LogP contribution in [0.15, 0.2) is 23.8 Å². The number of nitrogens with one attached hydrogen (secondary N) is 1. The third kappa shape index (κ3) is 4.04. The maximum atomic E-state index is 12.1. The zero-order valence-corrected chi connectivity index (χ0v) is 13.8. The van der Waals surface area contributed by atoms with Crippen LogP contribution in [0, 0.1) is 11.3 Å². The monoisotopic (exact) mass is 352 g/mol. The summed E-state index contributed by atoms with van der Waals surface area (Å²) >= 11 is 13.1. The number of carbonyl (C=O) groups excluding carboxylic acids is 1. The lowest BCUT2D eigenvalue weighted by Gasteiger charge is -2.02. The molecule has 8 heteroatoms. The van der Waals surface area contributed by atoms with E-state index >= 15 is 0 Å². The van der Waals surface area contributed by atoms with Crippen LogP contribution in [0.5, 0.6) is 0 Å². The molecule has 0 fully saturated rings. The number of hydrogen-bond acceptors (Lipinski definition) is 5. The van der Waals surface area contributed by atoms with Crippen molar-refractivity contribution < 1.29 is 4.79 Å². The first-order chi connectivity index (χ1) is 10.5. The van der Waals surface area contributed by atoms with Crippen molar-refractivity contribution in [2.75, 3.05) is 5.32 Å². The van der Waals surface area contributed by atoms with Gasteiger partial charge in [-0.15, -0.1) is 10.2 Å². The topological polar surface area (TPSA) is 78.7 Å². The summed E-state index contributed by atoms with van der Waals surface area (Å²) in [6.07, 6.45) is 2.13. The minimum absolute atomic E-state index is 0.0857. The molecule has 0 atom stereocenters. The number of rotatable bonds is 4. The first kappa shape index (κ1) is 16.4. The van der Waals surface area contributed by atoms with E-state index < -0.39 is 5.91 Å². The van der Waals surface area contributed by atoms with E-state index in [4.69, 9.17) is 28.5 Å². The highest BCUT2D eigenvalue weighted by Gasteiger charge is 2.13. The zero-order chi connectivity index (χ0) is 16.1. The average Bonchev–Trinajstić information content (AvgIpc) is 2.94. The Morgan fingerprint density at radius 2 is 2.23 bits per heavy atom. The van der Waals surface area contributed by atoms with Gasteiger partial charge in [-0.1, -0.05) is 47.5 Å². The van der Waals surface area contributed by atoms with Crippen molar-refractivity contribution >= 4 is 51.7 Å². The van der Waals surface area contributed by atoms with Crippen LogP contribution in [0.25, 0.3) is 6.08 Å². The Balaban J connectivity index is 2.21. The SMILES string of the molecule is CCc1nnc(NC(=O)/C(C#N)=C/c2ccc(Cl)cc2Cl)s1. The number of aromatic nitrogens is 2. The first-order valence-corrected chi connectivity index (χ1v) is 7.81. The summed E-state index contributed by atoms with van der Waals surface area (Å²) in [5, 5.41) is 21.4. The lowest BCUT2D eigenvalue weighted by molar-refractivity contribution is -0.112. The molecule has 1 aromatic carbocycles. The molecule has 1 heterocycles. The first-order valence-electron chi connectivity index (χ1n) is 6.24. The van der Waals surface area contributed by atoms with Gasteiger partial charge in [0, 0.05) is 10.0 Å². The molecule has 0 aliphatic heterocycles. The molecule has 1 amide bonds. The second kappa shape index (κ2) is 7.36. The molecule has 0 bridgehead atoms. The molecule has 2 rings (SSSR count). The van der Waals surface area contributed by atoms with Crippen molar-refractivity contribution in [1.82, 2.24) is 10.2 Å². The Kier molecular flexibility index (Phi) is 5.50. The molecule has 2 aromatic rings. The number of hydrogen-bond donors (Lipinski definition) is 1. The predicted octanol–water partition coefficient (Wildman–Crippen LogP) is 3.95. The van der Waals surface area contributed by atoms with E-state index in [-0.39, 0.29) is 5.57 Å². The van der Waals surface area contributed by atoms with Crippen LogP contribution >= 0.6 is 34.5 Å². The smallest absolute Gasteiger partial charge is 0.268 e. The Hall–Kier alpha value is -1.94. The third-order valence-electron chi connectivity index (χ3n) is 2.62. The van der Waals surface area contributed by atoms with Crippen molar-refractivity contribution in [2.45, 2.75) is 13.3 Å². The van der Waals surface area contributed by atoms with Crippen molar-refractivity contribution in [3.8, 4) is 6.07 Å². The van der Waals surface area contributed by atoms with E-state index in [0.29, 0.717) is 20.7 Å². The van der Waals surface area contributed by atoms with Crippen LogP contribution < -0.4 is 5.32 Å². The highest BCUT2D eigenvalue weighted by atomic mass is 35.5. The molecule has 1 aromatic heterocycles. The van der Waals surface area contributed by atoms with E-state index in [9.17, 15) is 4.79 Å². The van der Waals surface area contributed by atoms with Gasteiger partial charge in [-0.25, -0.2) is 0 Å². The van der Waals surface area contributed by atoms with Crippen molar-refractivity contribution in [3.63, 3.8) is 0 Å². The van der Waals surface area contributed by atoms with Gasteiger partial charge in [-0.05, 0) is 30.2 Å². The second-order valence-corrected chi connectivity index (χ2v) is 6.05. The fourth-order valence-corrected chi connectivity index (χ4v) is 2.67. The fourth-order valence-electron chi connectivity index (χ4n) is 1.53. The van der Waals surface area contributed by atoms with E-state index in [1.807, 2.05) is 13.0 Å². The Morgan fingerprint density at radius 3 is 2.82 bits per heavy atom. The van der Waals surface area contributed by atoms with Gasteiger partial charge in [0.15, 0.2) is 0 Å². The Bertz CT molecular complexity index is 779. The minimum atomic E-state index is -0.563. The summed E-state index contributed by atoms with van der Waals surface area (Å²) in [5.74, 6) is -0.563. The minimum Gasteiger partial charge on any atom is -0.296 e. The van der Waals surface area contributed by atoms with Gasteiger partial charge in [0.25, 0.3) is 5.91 Å². The van der Waals surface area contributed by atoms with E-state index in [2.05, 4.69) is 15.5 Å².